The molecule has 1 atom stereocenters. The second-order valence-corrected chi connectivity index (χ2v) is 6.61. The molecule has 1 aliphatic rings. The highest BCUT2D eigenvalue weighted by atomic mass is 16.3. The predicted octanol–water partition coefficient (Wildman–Crippen LogP) is 2.67. The average molecular weight is 334 g/mol. The Morgan fingerprint density at radius 1 is 1.00 bits per heavy atom. The van der Waals surface area contributed by atoms with E-state index in [2.05, 4.69) is 32.9 Å². The van der Waals surface area contributed by atoms with Crippen LogP contribution in [0.3, 0.4) is 0 Å². The predicted molar refractivity (Wildman–Crippen MR) is 98.6 cm³/mol. The highest BCUT2D eigenvalue weighted by Crippen LogP contribution is 2.37. The molecular weight excluding hydrogens is 312 g/mol. The SMILES string of the molecule is CN1CCN([C@H](c2cccnc2)c2ccc3cccnc3c2O)CC1. The minimum absolute atomic E-state index is 0.0196. The van der Waals surface area contributed by atoms with Crippen LogP contribution in [0.4, 0.5) is 0 Å². The van der Waals surface area contributed by atoms with E-state index in [1.54, 1.807) is 12.4 Å². The zero-order chi connectivity index (χ0) is 17.2. The first-order valence-corrected chi connectivity index (χ1v) is 8.63. The van der Waals surface area contributed by atoms with Crippen molar-refractivity contribution in [3.8, 4) is 5.75 Å². The zero-order valence-electron chi connectivity index (χ0n) is 14.3. The lowest BCUT2D eigenvalue weighted by Crippen LogP contribution is -2.46. The average Bonchev–Trinajstić information content (AvgIpc) is 2.66. The van der Waals surface area contributed by atoms with Gasteiger partial charge in [0.05, 0.1) is 6.04 Å². The number of aromatic hydroxyl groups is 1. The van der Waals surface area contributed by atoms with Crippen molar-refractivity contribution < 1.29 is 5.11 Å². The van der Waals surface area contributed by atoms with Gasteiger partial charge in [0.15, 0.2) is 0 Å². The fourth-order valence-corrected chi connectivity index (χ4v) is 3.57. The van der Waals surface area contributed by atoms with E-state index in [1.165, 1.54) is 0 Å². The molecule has 0 aliphatic carbocycles. The first kappa shape index (κ1) is 16.0. The largest absolute Gasteiger partial charge is 0.505 e. The van der Waals surface area contributed by atoms with Gasteiger partial charge in [-0.05, 0) is 24.7 Å². The molecule has 1 fully saturated rings. The zero-order valence-corrected chi connectivity index (χ0v) is 14.3. The number of likely N-dealkylation sites (N-methyl/N-ethyl adjacent to an activating group) is 1. The number of phenolic OH excluding ortho intramolecular Hbond substituents is 1. The maximum Gasteiger partial charge on any atom is 0.146 e. The number of aromatic nitrogens is 2. The van der Waals surface area contributed by atoms with Crippen LogP contribution < -0.4 is 0 Å². The number of rotatable bonds is 3. The van der Waals surface area contributed by atoms with Crippen LogP contribution in [0.25, 0.3) is 10.9 Å². The monoisotopic (exact) mass is 334 g/mol. The number of piperazine rings is 1. The van der Waals surface area contributed by atoms with Crippen LogP contribution in [0, 0.1) is 0 Å². The quantitative estimate of drug-likeness (QED) is 0.798. The fraction of sp³-hybridized carbons (Fsp3) is 0.300. The van der Waals surface area contributed by atoms with E-state index in [1.807, 2.05) is 36.5 Å². The number of hydrogen-bond donors (Lipinski definition) is 1. The molecular formula is C20H22N4O. The van der Waals surface area contributed by atoms with Crippen LogP contribution in [0.2, 0.25) is 0 Å². The molecule has 1 aliphatic heterocycles. The Balaban J connectivity index is 1.82. The van der Waals surface area contributed by atoms with Crippen molar-refractivity contribution in [3.05, 3.63) is 66.1 Å². The molecule has 128 valence electrons. The van der Waals surface area contributed by atoms with Gasteiger partial charge in [-0.1, -0.05) is 24.3 Å². The summed E-state index contributed by atoms with van der Waals surface area (Å²) in [5.74, 6) is 0.269. The standard InChI is InChI=1S/C20H22N4O/c1-23-10-12-24(13-11-23)19(16-5-2-8-21-14-16)17-7-6-15-4-3-9-22-18(15)20(17)25/h2-9,14,19,25H,10-13H2,1H3/t19-/m1/s1. The lowest BCUT2D eigenvalue weighted by Gasteiger charge is -2.38. The molecule has 1 aromatic carbocycles. The Hall–Kier alpha value is -2.50. The summed E-state index contributed by atoms with van der Waals surface area (Å²) < 4.78 is 0. The van der Waals surface area contributed by atoms with Crippen LogP contribution in [-0.2, 0) is 0 Å². The summed E-state index contributed by atoms with van der Waals surface area (Å²) in [7, 11) is 2.15. The number of fused-ring (bicyclic) bond motifs is 1. The third-order valence-electron chi connectivity index (χ3n) is 4.98. The fourth-order valence-electron chi connectivity index (χ4n) is 3.57. The summed E-state index contributed by atoms with van der Waals surface area (Å²) in [6, 6.07) is 11.9. The summed E-state index contributed by atoms with van der Waals surface area (Å²) in [5.41, 5.74) is 2.64. The van der Waals surface area contributed by atoms with E-state index in [4.69, 9.17) is 0 Å². The lowest BCUT2D eigenvalue weighted by atomic mass is 9.95. The second kappa shape index (κ2) is 6.78. The van der Waals surface area contributed by atoms with E-state index in [9.17, 15) is 5.11 Å². The number of phenols is 1. The van der Waals surface area contributed by atoms with Crippen molar-refractivity contribution in [2.45, 2.75) is 6.04 Å². The smallest absolute Gasteiger partial charge is 0.146 e. The first-order chi connectivity index (χ1) is 12.2. The molecule has 2 aromatic heterocycles. The Bertz CT molecular complexity index is 860. The normalized spacial score (nSPS) is 17.6. The van der Waals surface area contributed by atoms with Gasteiger partial charge in [-0.25, -0.2) is 0 Å². The van der Waals surface area contributed by atoms with Crippen LogP contribution in [0.15, 0.2) is 55.0 Å². The Morgan fingerprint density at radius 3 is 2.56 bits per heavy atom. The summed E-state index contributed by atoms with van der Waals surface area (Å²) >= 11 is 0. The molecule has 0 saturated carbocycles. The number of nitrogens with zero attached hydrogens (tertiary/aromatic N) is 4. The molecule has 1 N–H and O–H groups in total. The van der Waals surface area contributed by atoms with Gasteiger partial charge in [0.1, 0.15) is 11.3 Å². The van der Waals surface area contributed by atoms with Crippen LogP contribution in [0.5, 0.6) is 5.75 Å². The maximum atomic E-state index is 10.9. The number of hydrogen-bond acceptors (Lipinski definition) is 5. The highest BCUT2D eigenvalue weighted by molar-refractivity contribution is 5.85. The molecule has 0 spiro atoms. The van der Waals surface area contributed by atoms with Crippen molar-refractivity contribution in [2.75, 3.05) is 33.2 Å². The molecule has 0 radical (unpaired) electrons. The van der Waals surface area contributed by atoms with Crippen molar-refractivity contribution in [2.24, 2.45) is 0 Å². The van der Waals surface area contributed by atoms with Gasteiger partial charge in [-0.15, -0.1) is 0 Å². The Kier molecular flexibility index (Phi) is 4.34. The van der Waals surface area contributed by atoms with Gasteiger partial charge in [-0.2, -0.15) is 0 Å². The van der Waals surface area contributed by atoms with E-state index in [0.717, 1.165) is 42.7 Å². The van der Waals surface area contributed by atoms with Gasteiger partial charge in [0.2, 0.25) is 0 Å². The van der Waals surface area contributed by atoms with E-state index in [0.29, 0.717) is 5.52 Å². The summed E-state index contributed by atoms with van der Waals surface area (Å²) in [5, 5.41) is 11.9. The maximum absolute atomic E-state index is 10.9. The summed E-state index contributed by atoms with van der Waals surface area (Å²) in [6.07, 6.45) is 5.40. The van der Waals surface area contributed by atoms with E-state index in [-0.39, 0.29) is 11.8 Å². The molecule has 1 saturated heterocycles. The Morgan fingerprint density at radius 2 is 1.80 bits per heavy atom. The van der Waals surface area contributed by atoms with Gasteiger partial charge in [-0.3, -0.25) is 14.9 Å². The first-order valence-electron chi connectivity index (χ1n) is 8.63. The van der Waals surface area contributed by atoms with E-state index >= 15 is 0 Å². The third kappa shape index (κ3) is 3.08. The lowest BCUT2D eigenvalue weighted by molar-refractivity contribution is 0.126. The van der Waals surface area contributed by atoms with E-state index < -0.39 is 0 Å². The second-order valence-electron chi connectivity index (χ2n) is 6.61. The summed E-state index contributed by atoms with van der Waals surface area (Å²) in [4.78, 5) is 13.4. The van der Waals surface area contributed by atoms with Crippen molar-refractivity contribution in [1.29, 1.82) is 0 Å². The minimum Gasteiger partial charge on any atom is -0.505 e. The number of benzene rings is 1. The topological polar surface area (TPSA) is 52.5 Å². The van der Waals surface area contributed by atoms with Crippen molar-refractivity contribution in [3.63, 3.8) is 0 Å². The van der Waals surface area contributed by atoms with Crippen molar-refractivity contribution >= 4 is 10.9 Å². The Labute approximate surface area is 147 Å². The molecule has 5 heteroatoms. The number of pyridine rings is 2. The van der Waals surface area contributed by atoms with Gasteiger partial charge in [0, 0.05) is 55.7 Å². The highest BCUT2D eigenvalue weighted by Gasteiger charge is 2.28. The molecule has 4 rings (SSSR count). The van der Waals surface area contributed by atoms with Crippen LogP contribution in [-0.4, -0.2) is 58.1 Å². The molecule has 3 heterocycles. The van der Waals surface area contributed by atoms with Crippen LogP contribution in [0.1, 0.15) is 17.2 Å². The van der Waals surface area contributed by atoms with Gasteiger partial charge < -0.3 is 10.0 Å². The molecule has 3 aromatic rings. The van der Waals surface area contributed by atoms with Gasteiger partial charge >= 0.3 is 0 Å². The minimum atomic E-state index is -0.0196. The third-order valence-corrected chi connectivity index (χ3v) is 4.98. The van der Waals surface area contributed by atoms with Crippen molar-refractivity contribution in [1.82, 2.24) is 19.8 Å². The molecule has 25 heavy (non-hydrogen) atoms. The molecule has 0 bridgehead atoms. The summed E-state index contributed by atoms with van der Waals surface area (Å²) in [6.45, 7) is 3.94. The molecule has 0 unspecified atom stereocenters. The van der Waals surface area contributed by atoms with Gasteiger partial charge in [0.25, 0.3) is 0 Å². The molecule has 0 amide bonds. The molecule has 5 nitrogen and oxygen atoms in total. The van der Waals surface area contributed by atoms with Crippen LogP contribution >= 0.6 is 0 Å².